The Hall–Kier alpha value is -1.95. The minimum atomic E-state index is -0.516. The molecule has 0 aliphatic carbocycles. The maximum atomic E-state index is 11.9. The Bertz CT molecular complexity index is 763. The molecule has 0 unspecified atom stereocenters. The van der Waals surface area contributed by atoms with Gasteiger partial charge in [0.25, 0.3) is 5.91 Å². The fourth-order valence-corrected chi connectivity index (χ4v) is 2.27. The van der Waals surface area contributed by atoms with Gasteiger partial charge in [0.15, 0.2) is 5.75 Å². The van der Waals surface area contributed by atoms with Crippen molar-refractivity contribution in [3.05, 3.63) is 56.5 Å². The molecule has 114 valence electrons. The van der Waals surface area contributed by atoms with Crippen LogP contribution in [0.5, 0.6) is 11.5 Å². The third kappa shape index (κ3) is 3.44. The van der Waals surface area contributed by atoms with Crippen LogP contribution in [0.1, 0.15) is 15.9 Å². The number of carbonyl (C=O) groups excluding carboxylic acids is 1. The lowest BCUT2D eigenvalue weighted by Gasteiger charge is -2.06. The molecule has 0 saturated carbocycles. The maximum absolute atomic E-state index is 11.9. The third-order valence-electron chi connectivity index (χ3n) is 2.69. The van der Waals surface area contributed by atoms with Crippen molar-refractivity contribution in [3.63, 3.8) is 0 Å². The largest absolute Gasteiger partial charge is 0.506 e. The van der Waals surface area contributed by atoms with Crippen LogP contribution in [-0.2, 0) is 0 Å². The van der Waals surface area contributed by atoms with E-state index >= 15 is 0 Å². The molecule has 2 aromatic carbocycles. The van der Waals surface area contributed by atoms with E-state index in [0.29, 0.717) is 0 Å². The van der Waals surface area contributed by atoms with Gasteiger partial charge in [-0.2, -0.15) is 5.10 Å². The second-order valence-corrected chi connectivity index (χ2v) is 5.33. The summed E-state index contributed by atoms with van der Waals surface area (Å²) in [5.74, 6) is -1.35. The van der Waals surface area contributed by atoms with Crippen LogP contribution in [-0.4, -0.2) is 22.3 Å². The summed E-state index contributed by atoms with van der Waals surface area (Å²) >= 11 is 17.3. The molecule has 5 nitrogen and oxygen atoms in total. The first-order valence-electron chi connectivity index (χ1n) is 5.89. The van der Waals surface area contributed by atoms with Crippen LogP contribution in [0.15, 0.2) is 35.4 Å². The van der Waals surface area contributed by atoms with Gasteiger partial charge in [0.05, 0.1) is 21.8 Å². The van der Waals surface area contributed by atoms with E-state index in [2.05, 4.69) is 10.5 Å². The lowest BCUT2D eigenvalue weighted by Crippen LogP contribution is -2.17. The zero-order valence-electron chi connectivity index (χ0n) is 10.8. The number of amides is 1. The second kappa shape index (κ2) is 6.87. The van der Waals surface area contributed by atoms with Crippen molar-refractivity contribution in [1.82, 2.24) is 5.43 Å². The van der Waals surface area contributed by atoms with Gasteiger partial charge in [0.1, 0.15) is 10.8 Å². The Labute approximate surface area is 140 Å². The van der Waals surface area contributed by atoms with E-state index < -0.39 is 17.4 Å². The molecule has 0 aliphatic rings. The van der Waals surface area contributed by atoms with Gasteiger partial charge in [-0.25, -0.2) is 5.43 Å². The summed E-state index contributed by atoms with van der Waals surface area (Å²) in [6.45, 7) is 0. The normalized spacial score (nSPS) is 10.9. The van der Waals surface area contributed by atoms with Gasteiger partial charge in [-0.1, -0.05) is 46.9 Å². The van der Waals surface area contributed by atoms with Gasteiger partial charge in [-0.05, 0) is 18.2 Å². The molecule has 2 aromatic rings. The lowest BCUT2D eigenvalue weighted by molar-refractivity contribution is 0.0955. The molecule has 1 amide bonds. The number of phenolic OH excluding ortho intramolecular Hbond substituents is 2. The summed E-state index contributed by atoms with van der Waals surface area (Å²) in [5, 5.41) is 22.8. The maximum Gasteiger partial charge on any atom is 0.272 e. The molecule has 2 rings (SSSR count). The van der Waals surface area contributed by atoms with Crippen molar-refractivity contribution in [2.75, 3.05) is 0 Å². The predicted octanol–water partition coefficient (Wildman–Crippen LogP) is 3.82. The van der Waals surface area contributed by atoms with Gasteiger partial charge >= 0.3 is 0 Å². The fraction of sp³-hybridized carbons (Fsp3) is 0. The van der Waals surface area contributed by atoms with Crippen molar-refractivity contribution in [3.8, 4) is 11.5 Å². The highest BCUT2D eigenvalue weighted by molar-refractivity contribution is 6.38. The highest BCUT2D eigenvalue weighted by Gasteiger charge is 2.14. The second-order valence-electron chi connectivity index (χ2n) is 4.14. The Kier molecular flexibility index (Phi) is 5.13. The smallest absolute Gasteiger partial charge is 0.272 e. The molecule has 0 saturated heterocycles. The van der Waals surface area contributed by atoms with Crippen molar-refractivity contribution >= 4 is 46.9 Å². The Morgan fingerprint density at radius 3 is 2.45 bits per heavy atom. The zero-order chi connectivity index (χ0) is 16.3. The van der Waals surface area contributed by atoms with Crippen LogP contribution in [0.4, 0.5) is 0 Å². The van der Waals surface area contributed by atoms with E-state index in [9.17, 15) is 15.0 Å². The third-order valence-corrected chi connectivity index (χ3v) is 3.66. The van der Waals surface area contributed by atoms with Gasteiger partial charge in [-0.3, -0.25) is 4.79 Å². The number of halogens is 3. The van der Waals surface area contributed by atoms with Crippen LogP contribution in [0, 0.1) is 0 Å². The summed E-state index contributed by atoms with van der Waals surface area (Å²) in [6.07, 6.45) is 1.14. The van der Waals surface area contributed by atoms with Gasteiger partial charge in [-0.15, -0.1) is 0 Å². The van der Waals surface area contributed by atoms with Crippen LogP contribution in [0.25, 0.3) is 0 Å². The number of phenols is 2. The van der Waals surface area contributed by atoms with Crippen LogP contribution in [0.3, 0.4) is 0 Å². The molecule has 0 bridgehead atoms. The number of nitrogens with one attached hydrogen (secondary N) is 1. The van der Waals surface area contributed by atoms with E-state index in [-0.39, 0.29) is 26.2 Å². The molecule has 22 heavy (non-hydrogen) atoms. The Balaban J connectivity index is 2.17. The zero-order valence-corrected chi connectivity index (χ0v) is 13.1. The standard InChI is InChI=1S/C14H9Cl3N2O3/c15-9-4-2-1-3-8(9)14(22)19-18-6-7-5-10(16)13(21)11(17)12(7)20/h1-6,20-21H,(H,19,22)/b18-6-. The van der Waals surface area contributed by atoms with Crippen molar-refractivity contribution in [2.24, 2.45) is 5.10 Å². The first-order valence-corrected chi connectivity index (χ1v) is 7.03. The van der Waals surface area contributed by atoms with E-state index in [0.717, 1.165) is 6.21 Å². The predicted molar refractivity (Wildman–Crippen MR) is 86.3 cm³/mol. The monoisotopic (exact) mass is 358 g/mol. The molecule has 0 atom stereocenters. The van der Waals surface area contributed by atoms with Crippen molar-refractivity contribution in [2.45, 2.75) is 0 Å². The van der Waals surface area contributed by atoms with Gasteiger partial charge < -0.3 is 10.2 Å². The number of benzene rings is 2. The summed E-state index contributed by atoms with van der Waals surface area (Å²) in [4.78, 5) is 11.9. The summed E-state index contributed by atoms with van der Waals surface area (Å²) in [6, 6.07) is 7.73. The van der Waals surface area contributed by atoms with Gasteiger partial charge in [0.2, 0.25) is 0 Å². The molecule has 0 aromatic heterocycles. The number of nitrogens with zero attached hydrogens (tertiary/aromatic N) is 1. The first kappa shape index (κ1) is 16.4. The highest BCUT2D eigenvalue weighted by Crippen LogP contribution is 2.40. The lowest BCUT2D eigenvalue weighted by atomic mass is 10.2. The molecule has 0 heterocycles. The number of hydrazone groups is 1. The fourth-order valence-electron chi connectivity index (χ4n) is 1.58. The summed E-state index contributed by atoms with van der Waals surface area (Å²) in [7, 11) is 0. The molecule has 0 aliphatic heterocycles. The number of rotatable bonds is 3. The van der Waals surface area contributed by atoms with E-state index in [1.807, 2.05) is 0 Å². The van der Waals surface area contributed by atoms with E-state index in [1.54, 1.807) is 24.3 Å². The molecule has 0 spiro atoms. The number of aromatic hydroxyl groups is 2. The Morgan fingerprint density at radius 1 is 1.09 bits per heavy atom. The number of hydrogen-bond donors (Lipinski definition) is 3. The van der Waals surface area contributed by atoms with Crippen LogP contribution < -0.4 is 5.43 Å². The number of hydrogen-bond acceptors (Lipinski definition) is 4. The molecule has 3 N–H and O–H groups in total. The first-order chi connectivity index (χ1) is 10.4. The highest BCUT2D eigenvalue weighted by atomic mass is 35.5. The van der Waals surface area contributed by atoms with Crippen molar-refractivity contribution in [1.29, 1.82) is 0 Å². The average Bonchev–Trinajstić information content (AvgIpc) is 2.50. The topological polar surface area (TPSA) is 81.9 Å². The molecule has 8 heteroatoms. The molecule has 0 radical (unpaired) electrons. The molecule has 0 fully saturated rings. The van der Waals surface area contributed by atoms with E-state index in [1.165, 1.54) is 6.07 Å². The molecular formula is C14H9Cl3N2O3. The molecular weight excluding hydrogens is 351 g/mol. The average molecular weight is 360 g/mol. The van der Waals surface area contributed by atoms with Crippen LogP contribution in [0.2, 0.25) is 15.1 Å². The van der Waals surface area contributed by atoms with Crippen LogP contribution >= 0.6 is 34.8 Å². The summed E-state index contributed by atoms with van der Waals surface area (Å²) < 4.78 is 0. The quantitative estimate of drug-likeness (QED) is 0.575. The summed E-state index contributed by atoms with van der Waals surface area (Å²) in [5.41, 5.74) is 2.64. The Morgan fingerprint density at radius 2 is 1.77 bits per heavy atom. The minimum Gasteiger partial charge on any atom is -0.506 e. The van der Waals surface area contributed by atoms with Crippen molar-refractivity contribution < 1.29 is 15.0 Å². The minimum absolute atomic E-state index is 0.0540. The van der Waals surface area contributed by atoms with Gasteiger partial charge in [0, 0.05) is 5.56 Å². The number of carbonyl (C=O) groups is 1. The SMILES string of the molecule is O=C(N/N=C\c1cc(Cl)c(O)c(Cl)c1O)c1ccccc1Cl. The van der Waals surface area contributed by atoms with E-state index in [4.69, 9.17) is 34.8 Å².